The molecule has 1 aliphatic heterocycles. The fourth-order valence-electron chi connectivity index (χ4n) is 1.47. The highest BCUT2D eigenvalue weighted by molar-refractivity contribution is 5.68. The molecule has 4 nitrogen and oxygen atoms in total. The van der Waals surface area contributed by atoms with Crippen LogP contribution in [0.3, 0.4) is 0 Å². The summed E-state index contributed by atoms with van der Waals surface area (Å²) in [6.07, 6.45) is 5.12. The minimum atomic E-state index is -0.934. The second-order valence-electron chi connectivity index (χ2n) is 3.48. The van der Waals surface area contributed by atoms with E-state index in [2.05, 4.69) is 5.92 Å². The highest BCUT2D eigenvalue weighted by Crippen LogP contribution is 2.23. The monoisotopic (exact) mass is 183 g/mol. The predicted molar refractivity (Wildman–Crippen MR) is 47.3 cm³/mol. The second-order valence-corrected chi connectivity index (χ2v) is 3.48. The van der Waals surface area contributed by atoms with Gasteiger partial charge in [-0.25, -0.2) is 4.79 Å². The van der Waals surface area contributed by atoms with Gasteiger partial charge in [0.1, 0.15) is 6.61 Å². The Kier molecular flexibility index (Phi) is 2.91. The van der Waals surface area contributed by atoms with E-state index in [4.69, 9.17) is 16.3 Å². The molecule has 1 fully saturated rings. The average molecular weight is 183 g/mol. The van der Waals surface area contributed by atoms with Crippen molar-refractivity contribution in [3.05, 3.63) is 0 Å². The van der Waals surface area contributed by atoms with E-state index in [9.17, 15) is 4.79 Å². The summed E-state index contributed by atoms with van der Waals surface area (Å²) in [6.45, 7) is 3.68. The lowest BCUT2D eigenvalue weighted by molar-refractivity contribution is -0.163. The van der Waals surface area contributed by atoms with Crippen LogP contribution < -0.4 is 0 Å². The molecule has 0 aromatic carbocycles. The SMILES string of the molecule is C#CCN1CC(C)(OCC(=O)O)C1. The Balaban J connectivity index is 2.22. The van der Waals surface area contributed by atoms with E-state index in [1.807, 2.05) is 11.8 Å². The van der Waals surface area contributed by atoms with Gasteiger partial charge in [-0.05, 0) is 6.92 Å². The van der Waals surface area contributed by atoms with Crippen LogP contribution in [0.25, 0.3) is 0 Å². The molecule has 1 aliphatic rings. The molecule has 72 valence electrons. The number of carbonyl (C=O) groups is 1. The fourth-order valence-corrected chi connectivity index (χ4v) is 1.47. The molecule has 0 saturated carbocycles. The maximum absolute atomic E-state index is 10.2. The number of terminal acetylenes is 1. The number of hydrogen-bond acceptors (Lipinski definition) is 3. The van der Waals surface area contributed by atoms with E-state index in [0.29, 0.717) is 19.6 Å². The molecule has 1 rings (SSSR count). The van der Waals surface area contributed by atoms with Crippen molar-refractivity contribution in [1.82, 2.24) is 4.90 Å². The molecule has 0 radical (unpaired) electrons. The highest BCUT2D eigenvalue weighted by atomic mass is 16.5. The van der Waals surface area contributed by atoms with Crippen molar-refractivity contribution in [2.24, 2.45) is 0 Å². The summed E-state index contributed by atoms with van der Waals surface area (Å²) in [7, 11) is 0. The van der Waals surface area contributed by atoms with Crippen LogP contribution in [0.4, 0.5) is 0 Å². The van der Waals surface area contributed by atoms with E-state index < -0.39 is 5.97 Å². The van der Waals surface area contributed by atoms with Gasteiger partial charge in [0, 0.05) is 13.1 Å². The van der Waals surface area contributed by atoms with E-state index in [1.54, 1.807) is 0 Å². The largest absolute Gasteiger partial charge is 0.480 e. The first-order chi connectivity index (χ1) is 6.06. The van der Waals surface area contributed by atoms with E-state index >= 15 is 0 Å². The molecule has 0 aromatic rings. The summed E-state index contributed by atoms with van der Waals surface area (Å²) in [4.78, 5) is 12.3. The number of likely N-dealkylation sites (tertiary alicyclic amines) is 1. The van der Waals surface area contributed by atoms with Crippen LogP contribution >= 0.6 is 0 Å². The lowest BCUT2D eigenvalue weighted by atomic mass is 9.96. The molecule has 0 amide bonds. The van der Waals surface area contributed by atoms with Crippen LogP contribution in [-0.2, 0) is 9.53 Å². The van der Waals surface area contributed by atoms with Crippen LogP contribution in [0.2, 0.25) is 0 Å². The van der Waals surface area contributed by atoms with Crippen LogP contribution in [0.5, 0.6) is 0 Å². The summed E-state index contributed by atoms with van der Waals surface area (Å²) in [6, 6.07) is 0. The molecule has 13 heavy (non-hydrogen) atoms. The molecule has 0 aliphatic carbocycles. The zero-order chi connectivity index (χ0) is 9.90. The summed E-state index contributed by atoms with van der Waals surface area (Å²) in [5.41, 5.74) is -0.324. The molecule has 0 bridgehead atoms. The van der Waals surface area contributed by atoms with Crippen LogP contribution in [0.15, 0.2) is 0 Å². The standard InChI is InChI=1S/C9H13NO3/c1-3-4-10-6-9(2,7-10)13-5-8(11)12/h1H,4-7H2,2H3,(H,11,12). The van der Waals surface area contributed by atoms with Crippen molar-refractivity contribution in [2.45, 2.75) is 12.5 Å². The van der Waals surface area contributed by atoms with Gasteiger partial charge >= 0.3 is 5.97 Å². The van der Waals surface area contributed by atoms with Crippen molar-refractivity contribution in [3.8, 4) is 12.3 Å². The Hall–Kier alpha value is -1.05. The predicted octanol–water partition coefficient (Wildman–Crippen LogP) is -0.205. The Morgan fingerprint density at radius 2 is 2.38 bits per heavy atom. The number of ether oxygens (including phenoxy) is 1. The van der Waals surface area contributed by atoms with Gasteiger partial charge in [-0.1, -0.05) is 5.92 Å². The van der Waals surface area contributed by atoms with Gasteiger partial charge in [0.2, 0.25) is 0 Å². The number of rotatable bonds is 4. The maximum atomic E-state index is 10.2. The summed E-state index contributed by atoms with van der Waals surface area (Å²) in [5, 5.41) is 8.39. The van der Waals surface area contributed by atoms with Gasteiger partial charge < -0.3 is 9.84 Å². The third-order valence-corrected chi connectivity index (χ3v) is 1.98. The zero-order valence-corrected chi connectivity index (χ0v) is 7.62. The van der Waals surface area contributed by atoms with Crippen molar-refractivity contribution >= 4 is 5.97 Å². The van der Waals surface area contributed by atoms with Gasteiger partial charge in [0.05, 0.1) is 12.1 Å². The lowest BCUT2D eigenvalue weighted by Gasteiger charge is -2.46. The van der Waals surface area contributed by atoms with E-state index in [-0.39, 0.29) is 12.2 Å². The van der Waals surface area contributed by atoms with Gasteiger partial charge in [0.15, 0.2) is 0 Å². The number of aliphatic carboxylic acids is 1. The number of carboxylic acids is 1. The lowest BCUT2D eigenvalue weighted by Crippen LogP contribution is -2.61. The molecule has 0 unspecified atom stereocenters. The third kappa shape index (κ3) is 2.72. The van der Waals surface area contributed by atoms with Gasteiger partial charge in [-0.15, -0.1) is 6.42 Å². The molecular weight excluding hydrogens is 170 g/mol. The molecule has 4 heteroatoms. The molecule has 0 aromatic heterocycles. The maximum Gasteiger partial charge on any atom is 0.329 e. The van der Waals surface area contributed by atoms with E-state index in [0.717, 1.165) is 0 Å². The van der Waals surface area contributed by atoms with Crippen LogP contribution in [-0.4, -0.2) is 47.8 Å². The quantitative estimate of drug-likeness (QED) is 0.613. The van der Waals surface area contributed by atoms with Crippen LogP contribution in [0, 0.1) is 12.3 Å². The highest BCUT2D eigenvalue weighted by Gasteiger charge is 2.39. The van der Waals surface area contributed by atoms with Crippen molar-refractivity contribution in [2.75, 3.05) is 26.2 Å². The molecule has 1 N–H and O–H groups in total. The number of hydrogen-bond donors (Lipinski definition) is 1. The molecular formula is C9H13NO3. The Labute approximate surface area is 77.5 Å². The van der Waals surface area contributed by atoms with Gasteiger partial charge in [-0.2, -0.15) is 0 Å². The van der Waals surface area contributed by atoms with Crippen molar-refractivity contribution < 1.29 is 14.6 Å². The topological polar surface area (TPSA) is 49.8 Å². The van der Waals surface area contributed by atoms with Crippen molar-refractivity contribution in [3.63, 3.8) is 0 Å². The fraction of sp³-hybridized carbons (Fsp3) is 0.667. The van der Waals surface area contributed by atoms with Crippen molar-refractivity contribution in [1.29, 1.82) is 0 Å². The molecule has 1 heterocycles. The van der Waals surface area contributed by atoms with E-state index in [1.165, 1.54) is 0 Å². The zero-order valence-electron chi connectivity index (χ0n) is 7.62. The molecule has 1 saturated heterocycles. The van der Waals surface area contributed by atoms with Gasteiger partial charge in [0.25, 0.3) is 0 Å². The van der Waals surface area contributed by atoms with Gasteiger partial charge in [-0.3, -0.25) is 4.90 Å². The normalized spacial score (nSPS) is 20.3. The Morgan fingerprint density at radius 3 is 2.85 bits per heavy atom. The summed E-state index contributed by atoms with van der Waals surface area (Å²) < 4.78 is 5.19. The first-order valence-corrected chi connectivity index (χ1v) is 4.07. The number of nitrogens with zero attached hydrogens (tertiary/aromatic N) is 1. The average Bonchev–Trinajstić information content (AvgIpc) is 1.99. The Bertz CT molecular complexity index is 238. The minimum absolute atomic E-state index is 0.236. The first-order valence-electron chi connectivity index (χ1n) is 4.07. The first kappa shape index (κ1) is 10.0. The van der Waals surface area contributed by atoms with Crippen LogP contribution in [0.1, 0.15) is 6.92 Å². The minimum Gasteiger partial charge on any atom is -0.480 e. The Morgan fingerprint density at radius 1 is 1.77 bits per heavy atom. The third-order valence-electron chi connectivity index (χ3n) is 1.98. The summed E-state index contributed by atoms with van der Waals surface area (Å²) >= 11 is 0. The molecule has 0 atom stereocenters. The number of carboxylic acid groups (broad SMARTS) is 1. The summed E-state index contributed by atoms with van der Waals surface area (Å²) in [5.74, 6) is 1.59. The second kappa shape index (κ2) is 3.77. The smallest absolute Gasteiger partial charge is 0.329 e. The molecule has 0 spiro atoms.